The highest BCUT2D eigenvalue weighted by Crippen LogP contribution is 2.32. The van der Waals surface area contributed by atoms with Gasteiger partial charge in [-0.2, -0.15) is 0 Å². The average Bonchev–Trinajstić information content (AvgIpc) is 2.71. The van der Waals surface area contributed by atoms with Gasteiger partial charge in [0.2, 0.25) is 0 Å². The van der Waals surface area contributed by atoms with Gasteiger partial charge in [-0.25, -0.2) is 0 Å². The summed E-state index contributed by atoms with van der Waals surface area (Å²) in [5.74, 6) is -2.93. The fraction of sp³-hybridized carbons (Fsp3) is 0.800. The van der Waals surface area contributed by atoms with E-state index in [1.165, 1.54) is 0 Å². The predicted octanol–water partition coefficient (Wildman–Crippen LogP) is -1.40. The fourth-order valence-electron chi connectivity index (χ4n) is 3.62. The summed E-state index contributed by atoms with van der Waals surface area (Å²) in [7, 11) is 0. The summed E-state index contributed by atoms with van der Waals surface area (Å²) in [6.07, 6.45) is -9.49. The smallest absolute Gasteiger partial charge is 0.303 e. The molecule has 2 saturated heterocycles. The van der Waals surface area contributed by atoms with Crippen molar-refractivity contribution in [3.05, 3.63) is 0 Å². The van der Waals surface area contributed by atoms with Gasteiger partial charge in [-0.15, -0.1) is 0 Å². The molecule has 2 aliphatic heterocycles. The number of hydrogen-bond acceptors (Lipinski definition) is 13. The molecule has 33 heavy (non-hydrogen) atoms. The van der Waals surface area contributed by atoms with Gasteiger partial charge in [-0.3, -0.25) is 19.2 Å². The Labute approximate surface area is 190 Å². The molecule has 13 nitrogen and oxygen atoms in total. The third-order valence-corrected chi connectivity index (χ3v) is 4.93. The first-order chi connectivity index (χ1) is 15.5. The van der Waals surface area contributed by atoms with Gasteiger partial charge in [-0.1, -0.05) is 0 Å². The normalized spacial score (nSPS) is 34.1. The molecule has 8 atom stereocenters. The highest BCUT2D eigenvalue weighted by molar-refractivity contribution is 5.68. The molecule has 2 heterocycles. The standard InChI is InChI=1S/C20H30O13/c1-9(22)28-8-15-17(29-10(2)23)18(30-11(3)24)19(31-12(4)25)20(33-15)32-13-5-6-27-14(7-21)16(13)26/h13-21,26H,5-8H2,1-4H3. The van der Waals surface area contributed by atoms with Gasteiger partial charge >= 0.3 is 23.9 Å². The summed E-state index contributed by atoms with van der Waals surface area (Å²) in [6.45, 7) is 3.81. The van der Waals surface area contributed by atoms with Crippen LogP contribution in [0.1, 0.15) is 34.1 Å². The van der Waals surface area contributed by atoms with E-state index >= 15 is 0 Å². The van der Waals surface area contributed by atoms with Gasteiger partial charge < -0.3 is 43.4 Å². The van der Waals surface area contributed by atoms with Crippen molar-refractivity contribution in [3.63, 3.8) is 0 Å². The van der Waals surface area contributed by atoms with Crippen LogP contribution < -0.4 is 0 Å². The zero-order valence-corrected chi connectivity index (χ0v) is 18.8. The van der Waals surface area contributed by atoms with E-state index < -0.39 is 86.1 Å². The molecule has 0 aromatic carbocycles. The lowest BCUT2D eigenvalue weighted by Crippen LogP contribution is -2.64. The Bertz CT molecular complexity index is 710. The Balaban J connectivity index is 2.39. The van der Waals surface area contributed by atoms with Crippen molar-refractivity contribution in [2.45, 2.75) is 83.1 Å². The number of carbonyl (C=O) groups is 4. The number of aliphatic hydroxyl groups excluding tert-OH is 2. The molecule has 0 aromatic heterocycles. The summed E-state index contributed by atoms with van der Waals surface area (Å²) in [4.78, 5) is 46.7. The molecule has 8 unspecified atom stereocenters. The van der Waals surface area contributed by atoms with E-state index in [1.54, 1.807) is 0 Å². The summed E-state index contributed by atoms with van der Waals surface area (Å²) >= 11 is 0. The quantitative estimate of drug-likeness (QED) is 0.308. The first-order valence-electron chi connectivity index (χ1n) is 10.4. The molecule has 0 saturated carbocycles. The maximum atomic E-state index is 11.8. The molecule has 0 bridgehead atoms. The first-order valence-corrected chi connectivity index (χ1v) is 10.4. The highest BCUT2D eigenvalue weighted by Gasteiger charge is 2.54. The van der Waals surface area contributed by atoms with Crippen molar-refractivity contribution >= 4 is 23.9 Å². The predicted molar refractivity (Wildman–Crippen MR) is 104 cm³/mol. The third-order valence-electron chi connectivity index (χ3n) is 4.93. The summed E-state index contributed by atoms with van der Waals surface area (Å²) in [5.41, 5.74) is 0. The Hall–Kier alpha value is -2.32. The lowest BCUT2D eigenvalue weighted by atomic mass is 9.97. The lowest BCUT2D eigenvalue weighted by molar-refractivity contribution is -0.329. The molecule has 0 aliphatic carbocycles. The largest absolute Gasteiger partial charge is 0.463 e. The maximum absolute atomic E-state index is 11.8. The Morgan fingerprint density at radius 1 is 0.848 bits per heavy atom. The van der Waals surface area contributed by atoms with E-state index in [9.17, 15) is 29.4 Å². The Morgan fingerprint density at radius 2 is 1.42 bits per heavy atom. The van der Waals surface area contributed by atoms with Crippen molar-refractivity contribution in [2.24, 2.45) is 0 Å². The first kappa shape index (κ1) is 26.9. The van der Waals surface area contributed by atoms with Crippen LogP contribution in [0.25, 0.3) is 0 Å². The van der Waals surface area contributed by atoms with E-state index in [1.807, 2.05) is 0 Å². The van der Waals surface area contributed by atoms with E-state index in [4.69, 9.17) is 33.2 Å². The van der Waals surface area contributed by atoms with Crippen LogP contribution in [0.3, 0.4) is 0 Å². The minimum atomic E-state index is -1.41. The molecular weight excluding hydrogens is 448 g/mol. The van der Waals surface area contributed by atoms with Crippen LogP contribution in [0.5, 0.6) is 0 Å². The number of carbonyl (C=O) groups excluding carboxylic acids is 4. The summed E-state index contributed by atoms with van der Waals surface area (Å²) < 4.78 is 37.9. The second-order valence-corrected chi connectivity index (χ2v) is 7.61. The fourth-order valence-corrected chi connectivity index (χ4v) is 3.62. The van der Waals surface area contributed by atoms with Crippen molar-refractivity contribution < 1.29 is 62.5 Å². The summed E-state index contributed by atoms with van der Waals surface area (Å²) in [5, 5.41) is 19.8. The van der Waals surface area contributed by atoms with E-state index in [-0.39, 0.29) is 13.0 Å². The molecule has 0 amide bonds. The lowest BCUT2D eigenvalue weighted by Gasteiger charge is -2.46. The molecular formula is C20H30O13. The zero-order chi connectivity index (χ0) is 24.7. The van der Waals surface area contributed by atoms with E-state index in [2.05, 4.69) is 0 Å². The van der Waals surface area contributed by atoms with Gasteiger partial charge in [0.15, 0.2) is 24.6 Å². The molecule has 2 aliphatic rings. The highest BCUT2D eigenvalue weighted by atomic mass is 16.7. The van der Waals surface area contributed by atoms with Gasteiger partial charge in [-0.05, 0) is 6.42 Å². The monoisotopic (exact) mass is 478 g/mol. The molecule has 0 radical (unpaired) electrons. The SMILES string of the molecule is CC(=O)OCC1OC(OC2CCOC(CO)C2O)C(OC(C)=O)C(OC(C)=O)C1OC(C)=O. The molecule has 188 valence electrons. The molecule has 2 fully saturated rings. The van der Waals surface area contributed by atoms with E-state index in [0.29, 0.717) is 0 Å². The van der Waals surface area contributed by atoms with Crippen LogP contribution in [-0.4, -0.2) is 103 Å². The van der Waals surface area contributed by atoms with Crippen molar-refractivity contribution in [1.82, 2.24) is 0 Å². The van der Waals surface area contributed by atoms with Crippen LogP contribution >= 0.6 is 0 Å². The number of esters is 4. The van der Waals surface area contributed by atoms with E-state index in [0.717, 1.165) is 27.7 Å². The van der Waals surface area contributed by atoms with Gasteiger partial charge in [0.1, 0.15) is 24.9 Å². The zero-order valence-electron chi connectivity index (χ0n) is 18.8. The third kappa shape index (κ3) is 7.61. The minimum absolute atomic E-state index is 0.165. The van der Waals surface area contributed by atoms with Crippen LogP contribution in [0.2, 0.25) is 0 Å². The van der Waals surface area contributed by atoms with Gasteiger partial charge in [0.25, 0.3) is 0 Å². The number of aliphatic hydroxyl groups is 2. The molecule has 2 N–H and O–H groups in total. The van der Waals surface area contributed by atoms with Crippen molar-refractivity contribution in [3.8, 4) is 0 Å². The van der Waals surface area contributed by atoms with Crippen LogP contribution in [-0.2, 0) is 52.3 Å². The summed E-state index contributed by atoms with van der Waals surface area (Å²) in [6, 6.07) is 0. The van der Waals surface area contributed by atoms with Gasteiger partial charge in [0, 0.05) is 34.3 Å². The van der Waals surface area contributed by atoms with Crippen LogP contribution in [0, 0.1) is 0 Å². The average molecular weight is 478 g/mol. The second kappa shape index (κ2) is 12.2. The van der Waals surface area contributed by atoms with Crippen LogP contribution in [0.15, 0.2) is 0 Å². The van der Waals surface area contributed by atoms with Crippen molar-refractivity contribution in [1.29, 1.82) is 0 Å². The number of hydrogen-bond donors (Lipinski definition) is 2. The molecule has 0 aromatic rings. The van der Waals surface area contributed by atoms with Crippen molar-refractivity contribution in [2.75, 3.05) is 19.8 Å². The number of ether oxygens (including phenoxy) is 7. The molecule has 13 heteroatoms. The maximum Gasteiger partial charge on any atom is 0.303 e. The Morgan fingerprint density at radius 3 is 1.97 bits per heavy atom. The number of rotatable bonds is 8. The van der Waals surface area contributed by atoms with Crippen LogP contribution in [0.4, 0.5) is 0 Å². The minimum Gasteiger partial charge on any atom is -0.463 e. The Kier molecular flexibility index (Phi) is 9.98. The van der Waals surface area contributed by atoms with Gasteiger partial charge in [0.05, 0.1) is 12.7 Å². The topological polar surface area (TPSA) is 173 Å². The molecule has 2 rings (SSSR count). The molecule has 0 spiro atoms. The second-order valence-electron chi connectivity index (χ2n) is 7.61.